The third-order valence-electron chi connectivity index (χ3n) is 7.76. The highest BCUT2D eigenvalue weighted by atomic mass is 16.5. The topological polar surface area (TPSA) is 129 Å². The van der Waals surface area contributed by atoms with Gasteiger partial charge in [-0.25, -0.2) is 4.98 Å². The molecule has 43 heavy (non-hydrogen) atoms. The fourth-order valence-corrected chi connectivity index (χ4v) is 5.48. The van der Waals surface area contributed by atoms with Gasteiger partial charge in [0.1, 0.15) is 5.82 Å². The van der Waals surface area contributed by atoms with Crippen molar-refractivity contribution in [1.82, 2.24) is 25.0 Å². The number of aromatic nitrogens is 4. The third-order valence-corrected chi connectivity index (χ3v) is 7.76. The van der Waals surface area contributed by atoms with Crippen LogP contribution in [0.25, 0.3) is 22.8 Å². The van der Waals surface area contributed by atoms with E-state index in [0.717, 1.165) is 34.4 Å². The summed E-state index contributed by atoms with van der Waals surface area (Å²) in [7, 11) is 0. The Morgan fingerprint density at radius 2 is 1.81 bits per heavy atom. The molecule has 1 aliphatic heterocycles. The fraction of sp³-hybridized carbons (Fsp3) is 0.242. The number of aliphatic hydroxyl groups is 1. The summed E-state index contributed by atoms with van der Waals surface area (Å²) in [4.78, 5) is 28.3. The summed E-state index contributed by atoms with van der Waals surface area (Å²) < 4.78 is 5.66. The van der Waals surface area contributed by atoms with Gasteiger partial charge in [0.2, 0.25) is 5.82 Å². The molecule has 1 aliphatic rings. The minimum absolute atomic E-state index is 0.0593. The van der Waals surface area contributed by atoms with Crippen molar-refractivity contribution in [2.24, 2.45) is 0 Å². The summed E-state index contributed by atoms with van der Waals surface area (Å²) >= 11 is 0. The molecule has 10 nitrogen and oxygen atoms in total. The highest BCUT2D eigenvalue weighted by molar-refractivity contribution is 6.00. The van der Waals surface area contributed by atoms with E-state index in [-0.39, 0.29) is 18.4 Å². The first-order chi connectivity index (χ1) is 20.9. The molecular formula is C33H33N7O3. The Morgan fingerprint density at radius 3 is 2.56 bits per heavy atom. The van der Waals surface area contributed by atoms with E-state index in [9.17, 15) is 9.90 Å². The van der Waals surface area contributed by atoms with Gasteiger partial charge in [0, 0.05) is 48.0 Å². The minimum Gasteiger partial charge on any atom is -0.394 e. The lowest BCUT2D eigenvalue weighted by atomic mass is 9.93. The predicted octanol–water partition coefficient (Wildman–Crippen LogP) is 6.18. The second-order valence-electron chi connectivity index (χ2n) is 11.0. The monoisotopic (exact) mass is 575 g/mol. The number of hydrogen-bond acceptors (Lipinski definition) is 9. The lowest BCUT2D eigenvalue weighted by Gasteiger charge is -2.32. The Morgan fingerprint density at radius 1 is 1.02 bits per heavy atom. The van der Waals surface area contributed by atoms with Gasteiger partial charge in [-0.2, -0.15) is 4.98 Å². The van der Waals surface area contributed by atoms with Gasteiger partial charge in [-0.3, -0.25) is 9.78 Å². The predicted molar refractivity (Wildman–Crippen MR) is 165 cm³/mol. The summed E-state index contributed by atoms with van der Waals surface area (Å²) in [5.74, 6) is 1.34. The quantitative estimate of drug-likeness (QED) is 0.179. The normalized spacial score (nSPS) is 14.4. The molecule has 218 valence electrons. The van der Waals surface area contributed by atoms with Crippen LogP contribution < -0.4 is 10.6 Å². The van der Waals surface area contributed by atoms with Crippen molar-refractivity contribution in [2.45, 2.75) is 38.8 Å². The molecule has 5 aromatic rings. The minimum atomic E-state index is -0.418. The van der Waals surface area contributed by atoms with Crippen LogP contribution in [0, 0.1) is 0 Å². The Balaban J connectivity index is 1.35. The van der Waals surface area contributed by atoms with E-state index in [1.165, 1.54) is 0 Å². The molecule has 1 atom stereocenters. The second-order valence-corrected chi connectivity index (χ2v) is 11.0. The van der Waals surface area contributed by atoms with Crippen LogP contribution in [0.5, 0.6) is 0 Å². The number of fused-ring (bicyclic) bond motifs is 1. The maximum Gasteiger partial charge on any atom is 0.261 e. The van der Waals surface area contributed by atoms with Crippen LogP contribution in [-0.4, -0.2) is 49.2 Å². The highest BCUT2D eigenvalue weighted by Crippen LogP contribution is 2.40. The van der Waals surface area contributed by atoms with Gasteiger partial charge in [0.25, 0.3) is 11.8 Å². The van der Waals surface area contributed by atoms with Crippen LogP contribution in [0.4, 0.5) is 17.2 Å². The molecule has 0 unspecified atom stereocenters. The van der Waals surface area contributed by atoms with Crippen molar-refractivity contribution >= 4 is 23.1 Å². The SMILES string of the molecule is CCCN1C(=O)c2ccc(Nc3cc(N[C@H](CO)c4ccccc4)c(-c4nc(-c5ccncc5)no4)cn3)cc2C1(C)C. The van der Waals surface area contributed by atoms with Crippen LogP contribution in [0.3, 0.4) is 0 Å². The molecule has 2 aromatic carbocycles. The average molecular weight is 576 g/mol. The Kier molecular flexibility index (Phi) is 7.60. The first-order valence-electron chi connectivity index (χ1n) is 14.3. The van der Waals surface area contributed by atoms with E-state index in [0.29, 0.717) is 29.4 Å². The molecule has 3 N–H and O–H groups in total. The van der Waals surface area contributed by atoms with Gasteiger partial charge < -0.3 is 25.2 Å². The van der Waals surface area contributed by atoms with E-state index in [1.54, 1.807) is 18.6 Å². The standard InChI is InChI=1S/C33H33N7O3/c1-4-16-40-32(42)24-11-10-23(17-26(24)33(40,2)3)36-29-18-27(37-28(20-41)21-8-6-5-7-9-21)25(19-35-29)31-38-30(39-43-31)22-12-14-34-15-13-22/h5-15,17-19,28,41H,4,16,20H2,1-3H3,(H2,35,36,37)/t28-/m1/s1. The number of carbonyl (C=O) groups is 1. The Labute approximate surface area is 249 Å². The molecule has 0 saturated carbocycles. The van der Waals surface area contributed by atoms with E-state index >= 15 is 0 Å². The van der Waals surface area contributed by atoms with Gasteiger partial charge in [0.05, 0.1) is 29.4 Å². The van der Waals surface area contributed by atoms with E-state index in [4.69, 9.17) is 4.52 Å². The number of pyridine rings is 2. The van der Waals surface area contributed by atoms with E-state index in [1.807, 2.05) is 71.6 Å². The molecule has 1 amide bonds. The second kappa shape index (κ2) is 11.7. The molecule has 0 spiro atoms. The average Bonchev–Trinajstić information content (AvgIpc) is 3.59. The molecule has 3 aromatic heterocycles. The number of anilines is 3. The zero-order valence-corrected chi connectivity index (χ0v) is 24.3. The van der Waals surface area contributed by atoms with Gasteiger partial charge in [-0.1, -0.05) is 42.4 Å². The van der Waals surface area contributed by atoms with Crippen molar-refractivity contribution in [3.63, 3.8) is 0 Å². The number of hydrogen-bond donors (Lipinski definition) is 3. The number of carbonyl (C=O) groups excluding carboxylic acids is 1. The summed E-state index contributed by atoms with van der Waals surface area (Å²) in [6.45, 7) is 6.80. The summed E-state index contributed by atoms with van der Waals surface area (Å²) in [5, 5.41) is 21.3. The van der Waals surface area contributed by atoms with Crippen molar-refractivity contribution < 1.29 is 14.4 Å². The van der Waals surface area contributed by atoms with Crippen LogP contribution in [-0.2, 0) is 5.54 Å². The van der Waals surface area contributed by atoms with Crippen LogP contribution in [0.15, 0.2) is 89.8 Å². The molecule has 6 rings (SSSR count). The summed E-state index contributed by atoms with van der Waals surface area (Å²) in [6, 6.07) is 20.6. The number of benzene rings is 2. The maximum atomic E-state index is 13.1. The van der Waals surface area contributed by atoms with E-state index < -0.39 is 11.6 Å². The zero-order valence-electron chi connectivity index (χ0n) is 24.3. The molecule has 0 saturated heterocycles. The number of rotatable bonds is 10. The van der Waals surface area contributed by atoms with Gasteiger partial charge >= 0.3 is 0 Å². The third kappa shape index (κ3) is 5.44. The number of nitrogens with zero attached hydrogens (tertiary/aromatic N) is 5. The zero-order chi connectivity index (χ0) is 30.0. The molecule has 0 bridgehead atoms. The number of aliphatic hydroxyl groups excluding tert-OH is 1. The molecule has 0 fully saturated rings. The van der Waals surface area contributed by atoms with Crippen LogP contribution >= 0.6 is 0 Å². The lowest BCUT2D eigenvalue weighted by Crippen LogP contribution is -2.39. The molecule has 0 radical (unpaired) electrons. The fourth-order valence-electron chi connectivity index (χ4n) is 5.48. The first-order valence-corrected chi connectivity index (χ1v) is 14.3. The van der Waals surface area contributed by atoms with Crippen molar-refractivity contribution in [3.8, 4) is 22.8 Å². The summed E-state index contributed by atoms with van der Waals surface area (Å²) in [5.41, 5.74) is 5.03. The van der Waals surface area contributed by atoms with Crippen LogP contribution in [0.2, 0.25) is 0 Å². The van der Waals surface area contributed by atoms with Gasteiger partial charge in [0.15, 0.2) is 0 Å². The Hall–Kier alpha value is -5.09. The van der Waals surface area contributed by atoms with E-state index in [2.05, 4.69) is 51.5 Å². The lowest BCUT2D eigenvalue weighted by molar-refractivity contribution is 0.0619. The maximum absolute atomic E-state index is 13.1. The number of amides is 1. The molecule has 10 heteroatoms. The van der Waals surface area contributed by atoms with Gasteiger partial charge in [-0.05, 0) is 61.7 Å². The molecular weight excluding hydrogens is 542 g/mol. The number of nitrogens with one attached hydrogen (secondary N) is 2. The Bertz CT molecular complexity index is 1740. The summed E-state index contributed by atoms with van der Waals surface area (Å²) in [6.07, 6.45) is 5.90. The highest BCUT2D eigenvalue weighted by Gasteiger charge is 2.42. The van der Waals surface area contributed by atoms with Crippen molar-refractivity contribution in [1.29, 1.82) is 0 Å². The van der Waals surface area contributed by atoms with Crippen LogP contribution in [0.1, 0.15) is 54.7 Å². The first kappa shape index (κ1) is 28.0. The molecule has 4 heterocycles. The smallest absolute Gasteiger partial charge is 0.261 e. The van der Waals surface area contributed by atoms with Crippen molar-refractivity contribution in [3.05, 3.63) is 102 Å². The molecule has 0 aliphatic carbocycles. The van der Waals surface area contributed by atoms with Gasteiger partial charge in [-0.15, -0.1) is 0 Å². The largest absolute Gasteiger partial charge is 0.394 e. The van der Waals surface area contributed by atoms with Crippen molar-refractivity contribution in [2.75, 3.05) is 23.8 Å².